The average molecular weight is 366 g/mol. The van der Waals surface area contributed by atoms with Gasteiger partial charge in [0.25, 0.3) is 0 Å². The summed E-state index contributed by atoms with van der Waals surface area (Å²) >= 11 is 5.83. The number of rotatable bonds is 2. The van der Waals surface area contributed by atoms with Gasteiger partial charge in [-0.1, -0.05) is 48.0 Å². The number of carbonyl (C=O) groups excluding carboxylic acids is 1. The maximum Gasteiger partial charge on any atom is 0.159 e. The molecule has 0 aromatic heterocycles. The molecule has 0 bridgehead atoms. The van der Waals surface area contributed by atoms with E-state index < -0.39 is 0 Å². The molecule has 0 heterocycles. The second-order valence-corrected chi connectivity index (χ2v) is 5.84. The van der Waals surface area contributed by atoms with Gasteiger partial charge in [0.05, 0.1) is 10.6 Å². The van der Waals surface area contributed by atoms with Gasteiger partial charge >= 0.3 is 0 Å². The first-order chi connectivity index (χ1) is 12.4. The quantitative estimate of drug-likeness (QED) is 0.613. The molecule has 2 N–H and O–H groups in total. The summed E-state index contributed by atoms with van der Waals surface area (Å²) in [4.78, 5) is 11.4. The third-order valence-electron chi connectivity index (χ3n) is 3.54. The van der Waals surface area contributed by atoms with Crippen molar-refractivity contribution in [3.63, 3.8) is 0 Å². The molecule has 0 aliphatic heterocycles. The predicted octanol–water partition coefficient (Wildman–Crippen LogP) is 5.18. The first kappa shape index (κ1) is 19.0. The molecule has 0 atom stereocenters. The van der Waals surface area contributed by atoms with E-state index in [9.17, 15) is 9.90 Å². The smallest absolute Gasteiger partial charge is 0.159 e. The number of hydrogen-bond acceptors (Lipinski definition) is 4. The Bertz CT molecular complexity index is 963. The summed E-state index contributed by atoms with van der Waals surface area (Å²) in [6, 6.07) is 20.4. The molecule has 3 aromatic carbocycles. The van der Waals surface area contributed by atoms with Crippen LogP contribution in [0.15, 0.2) is 66.7 Å². The number of carbonyl (C=O) groups is 1. The normalized spacial score (nSPS) is 9.58. The molecule has 4 nitrogen and oxygen atoms in total. The maximum atomic E-state index is 11.4. The van der Waals surface area contributed by atoms with E-state index in [1.807, 2.05) is 12.1 Å². The second kappa shape index (κ2) is 8.70. The number of hydrogen-bond donors (Lipinski definition) is 2. The van der Waals surface area contributed by atoms with Gasteiger partial charge in [-0.25, -0.2) is 0 Å². The highest BCUT2D eigenvalue weighted by molar-refractivity contribution is 6.32. The van der Waals surface area contributed by atoms with E-state index in [2.05, 4.69) is 0 Å². The Balaban J connectivity index is 0.000000290. The Kier molecular flexibility index (Phi) is 6.37. The summed E-state index contributed by atoms with van der Waals surface area (Å²) in [6.45, 7) is 1.47. The van der Waals surface area contributed by atoms with E-state index in [1.54, 1.807) is 48.5 Å². The maximum absolute atomic E-state index is 11.4. The van der Waals surface area contributed by atoms with E-state index in [4.69, 9.17) is 22.0 Å². The summed E-state index contributed by atoms with van der Waals surface area (Å²) < 4.78 is 0. The molecule has 0 aliphatic carbocycles. The Morgan fingerprint density at radius 3 is 2.23 bits per heavy atom. The monoisotopic (exact) mass is 365 g/mol. The van der Waals surface area contributed by atoms with E-state index in [0.29, 0.717) is 22.4 Å². The van der Waals surface area contributed by atoms with Gasteiger partial charge in [-0.2, -0.15) is 5.26 Å². The number of Topliss-reactive ketones (excluding diaryl/α,β-unsaturated/α-hetero) is 1. The highest BCUT2D eigenvalue weighted by Gasteiger charge is 2.11. The first-order valence-electron chi connectivity index (χ1n) is 7.70. The lowest BCUT2D eigenvalue weighted by Gasteiger charge is -2.08. The summed E-state index contributed by atoms with van der Waals surface area (Å²) in [5.41, 5.74) is 1.97. The van der Waals surface area contributed by atoms with Crippen LogP contribution in [-0.2, 0) is 0 Å². The van der Waals surface area contributed by atoms with Crippen molar-refractivity contribution in [3.05, 3.63) is 82.9 Å². The van der Waals surface area contributed by atoms with Crippen LogP contribution >= 0.6 is 11.6 Å². The molecule has 0 amide bonds. The molecule has 26 heavy (non-hydrogen) atoms. The number of nitriles is 1. The van der Waals surface area contributed by atoms with E-state index >= 15 is 0 Å². The minimum absolute atomic E-state index is 0.0234. The van der Waals surface area contributed by atoms with Gasteiger partial charge in [-0.05, 0) is 36.8 Å². The molecule has 0 saturated carbocycles. The number of halogens is 1. The summed E-state index contributed by atoms with van der Waals surface area (Å²) in [6.07, 6.45) is 0. The van der Waals surface area contributed by atoms with Crippen LogP contribution in [-0.4, -0.2) is 16.0 Å². The average Bonchev–Trinajstić information content (AvgIpc) is 2.63. The number of phenolic OH excluding ortho intramolecular Hbond substituents is 2. The Labute approximate surface area is 156 Å². The Morgan fingerprint density at radius 2 is 1.69 bits per heavy atom. The summed E-state index contributed by atoms with van der Waals surface area (Å²) in [5, 5.41) is 27.7. The number of ketones is 1. The first-order valence-corrected chi connectivity index (χ1v) is 8.08. The van der Waals surface area contributed by atoms with Crippen LogP contribution in [0.2, 0.25) is 5.02 Å². The van der Waals surface area contributed by atoms with Crippen molar-refractivity contribution in [2.45, 2.75) is 6.92 Å². The number of nitrogens with zero attached hydrogens (tertiary/aromatic N) is 1. The predicted molar refractivity (Wildman–Crippen MR) is 101 cm³/mol. The number of aromatic hydroxyl groups is 2. The van der Waals surface area contributed by atoms with Crippen LogP contribution < -0.4 is 0 Å². The van der Waals surface area contributed by atoms with Crippen molar-refractivity contribution >= 4 is 17.4 Å². The lowest BCUT2D eigenvalue weighted by atomic mass is 9.99. The van der Waals surface area contributed by atoms with Crippen molar-refractivity contribution < 1.29 is 15.0 Å². The minimum Gasteiger partial charge on any atom is -0.508 e. The topological polar surface area (TPSA) is 81.3 Å². The van der Waals surface area contributed by atoms with Crippen LogP contribution in [0.1, 0.15) is 22.8 Å². The van der Waals surface area contributed by atoms with Gasteiger partial charge in [0.1, 0.15) is 17.6 Å². The van der Waals surface area contributed by atoms with Crippen molar-refractivity contribution in [1.29, 1.82) is 5.26 Å². The Hall–Kier alpha value is -3.29. The fraction of sp³-hybridized carbons (Fsp3) is 0.0476. The van der Waals surface area contributed by atoms with E-state index in [-0.39, 0.29) is 22.1 Å². The van der Waals surface area contributed by atoms with Crippen molar-refractivity contribution in [2.24, 2.45) is 0 Å². The Morgan fingerprint density at radius 1 is 1.00 bits per heavy atom. The number of phenols is 2. The van der Waals surface area contributed by atoms with Crippen molar-refractivity contribution in [2.75, 3.05) is 0 Å². The number of benzene rings is 3. The van der Waals surface area contributed by atoms with Crippen molar-refractivity contribution in [1.82, 2.24) is 0 Å². The minimum atomic E-state index is -0.0594. The van der Waals surface area contributed by atoms with Crippen molar-refractivity contribution in [3.8, 4) is 28.7 Å². The fourth-order valence-corrected chi connectivity index (χ4v) is 2.41. The van der Waals surface area contributed by atoms with Crippen LogP contribution in [0.25, 0.3) is 11.1 Å². The van der Waals surface area contributed by atoms with Gasteiger partial charge in [-0.3, -0.25) is 4.79 Å². The SMILES string of the molecule is CC(=O)c1cccc(-c2cc(C#N)c(Cl)cc2O)c1.Oc1ccccc1. The third kappa shape index (κ3) is 4.85. The molecule has 0 aliphatic rings. The molecule has 0 unspecified atom stereocenters. The molecule has 5 heteroatoms. The third-order valence-corrected chi connectivity index (χ3v) is 3.85. The molecular weight excluding hydrogens is 350 g/mol. The molecule has 3 rings (SSSR count). The zero-order chi connectivity index (χ0) is 19.1. The van der Waals surface area contributed by atoms with E-state index in [1.165, 1.54) is 19.1 Å². The van der Waals surface area contributed by atoms with Gasteiger partial charge in [0.2, 0.25) is 0 Å². The highest BCUT2D eigenvalue weighted by Crippen LogP contribution is 2.34. The van der Waals surface area contributed by atoms with Gasteiger partial charge in [0, 0.05) is 17.2 Å². The van der Waals surface area contributed by atoms with Crippen LogP contribution in [0.5, 0.6) is 11.5 Å². The summed E-state index contributed by atoms with van der Waals surface area (Å²) in [7, 11) is 0. The standard InChI is InChI=1S/C15H10ClNO2.C6H6O/c1-9(18)10-3-2-4-11(5-10)13-6-12(8-17)14(16)7-15(13)19;7-6-4-2-1-3-5-6/h2-7,19H,1H3;1-5,7H. The van der Waals surface area contributed by atoms with Crippen LogP contribution in [0, 0.1) is 11.3 Å². The molecule has 130 valence electrons. The van der Waals surface area contributed by atoms with Gasteiger partial charge < -0.3 is 10.2 Å². The zero-order valence-electron chi connectivity index (χ0n) is 14.0. The van der Waals surface area contributed by atoms with Gasteiger partial charge in [0.15, 0.2) is 5.78 Å². The lowest BCUT2D eigenvalue weighted by Crippen LogP contribution is -1.92. The zero-order valence-corrected chi connectivity index (χ0v) is 14.7. The summed E-state index contributed by atoms with van der Waals surface area (Å²) in [5.74, 6) is 0.239. The number of para-hydroxylation sites is 1. The highest BCUT2D eigenvalue weighted by atomic mass is 35.5. The van der Waals surface area contributed by atoms with Gasteiger partial charge in [-0.15, -0.1) is 0 Å². The van der Waals surface area contributed by atoms with E-state index in [0.717, 1.165) is 0 Å². The largest absolute Gasteiger partial charge is 0.508 e. The second-order valence-electron chi connectivity index (χ2n) is 5.43. The van der Waals surface area contributed by atoms with Crippen LogP contribution in [0.3, 0.4) is 0 Å². The lowest BCUT2D eigenvalue weighted by molar-refractivity contribution is 0.101. The molecule has 0 saturated heterocycles. The molecule has 0 spiro atoms. The molecular formula is C21H16ClNO3. The molecule has 0 fully saturated rings. The fourth-order valence-electron chi connectivity index (χ4n) is 2.21. The molecule has 3 aromatic rings. The molecule has 0 radical (unpaired) electrons. The van der Waals surface area contributed by atoms with Crippen LogP contribution in [0.4, 0.5) is 0 Å².